The standard InChI is InChI=1S/C19H31N3O/c1-5-21(6-2)18(23)17(15-10-8-7-9-11-15)22-13-12-16(20)19(3,4)14-22/h7-11,16-17H,5-6,12-14,20H2,1-4H3. The van der Waals surface area contributed by atoms with Crippen LogP contribution < -0.4 is 5.73 Å². The monoisotopic (exact) mass is 317 g/mol. The van der Waals surface area contributed by atoms with Crippen molar-refractivity contribution in [2.45, 2.75) is 46.2 Å². The van der Waals surface area contributed by atoms with E-state index in [4.69, 9.17) is 5.73 Å². The lowest BCUT2D eigenvalue weighted by atomic mass is 9.79. The summed E-state index contributed by atoms with van der Waals surface area (Å²) in [6.07, 6.45) is 0.932. The number of piperidine rings is 1. The lowest BCUT2D eigenvalue weighted by Gasteiger charge is -2.46. The van der Waals surface area contributed by atoms with Crippen LogP contribution in [0.4, 0.5) is 0 Å². The van der Waals surface area contributed by atoms with Gasteiger partial charge in [-0.2, -0.15) is 0 Å². The van der Waals surface area contributed by atoms with Crippen LogP contribution in [0, 0.1) is 5.41 Å². The zero-order chi connectivity index (χ0) is 17.0. The van der Waals surface area contributed by atoms with Crippen molar-refractivity contribution in [1.29, 1.82) is 0 Å². The fourth-order valence-electron chi connectivity index (χ4n) is 3.49. The van der Waals surface area contributed by atoms with Crippen LogP contribution >= 0.6 is 0 Å². The minimum absolute atomic E-state index is 0.0226. The Balaban J connectivity index is 2.33. The molecular weight excluding hydrogens is 286 g/mol. The van der Waals surface area contributed by atoms with E-state index in [2.05, 4.69) is 30.9 Å². The van der Waals surface area contributed by atoms with E-state index in [1.807, 2.05) is 36.9 Å². The summed E-state index contributed by atoms with van der Waals surface area (Å²) in [7, 11) is 0. The molecule has 2 unspecified atom stereocenters. The van der Waals surface area contributed by atoms with Crippen molar-refractivity contribution in [2.24, 2.45) is 11.1 Å². The van der Waals surface area contributed by atoms with Gasteiger partial charge < -0.3 is 10.6 Å². The highest BCUT2D eigenvalue weighted by Gasteiger charge is 2.39. The third kappa shape index (κ3) is 3.93. The Bertz CT molecular complexity index is 511. The molecule has 2 rings (SSSR count). The Morgan fingerprint density at radius 3 is 2.43 bits per heavy atom. The predicted molar refractivity (Wildman–Crippen MR) is 95.1 cm³/mol. The Hall–Kier alpha value is -1.39. The molecule has 0 saturated carbocycles. The third-order valence-electron chi connectivity index (χ3n) is 5.13. The SMILES string of the molecule is CCN(CC)C(=O)C(c1ccccc1)N1CCC(N)C(C)(C)C1. The maximum atomic E-state index is 13.2. The average molecular weight is 317 g/mol. The molecule has 1 aromatic rings. The van der Waals surface area contributed by atoms with Crippen molar-refractivity contribution in [3.05, 3.63) is 35.9 Å². The first-order valence-electron chi connectivity index (χ1n) is 8.74. The van der Waals surface area contributed by atoms with E-state index in [-0.39, 0.29) is 23.4 Å². The maximum absolute atomic E-state index is 13.2. The van der Waals surface area contributed by atoms with E-state index in [1.54, 1.807) is 0 Å². The number of nitrogens with two attached hydrogens (primary N) is 1. The summed E-state index contributed by atoms with van der Waals surface area (Å²) in [5.41, 5.74) is 7.38. The van der Waals surface area contributed by atoms with Gasteiger partial charge in [0.05, 0.1) is 0 Å². The molecular formula is C19H31N3O. The summed E-state index contributed by atoms with van der Waals surface area (Å²) < 4.78 is 0. The van der Waals surface area contributed by atoms with Crippen LogP contribution in [0.3, 0.4) is 0 Å². The first-order valence-corrected chi connectivity index (χ1v) is 8.74. The van der Waals surface area contributed by atoms with Gasteiger partial charge in [0.15, 0.2) is 0 Å². The smallest absolute Gasteiger partial charge is 0.244 e. The number of carbonyl (C=O) groups excluding carboxylic acids is 1. The molecule has 1 aliphatic rings. The first kappa shape index (κ1) is 18.0. The number of rotatable bonds is 5. The summed E-state index contributed by atoms with van der Waals surface area (Å²) >= 11 is 0. The van der Waals surface area contributed by atoms with E-state index >= 15 is 0 Å². The minimum Gasteiger partial charge on any atom is -0.342 e. The van der Waals surface area contributed by atoms with Gasteiger partial charge in [0.1, 0.15) is 6.04 Å². The first-order chi connectivity index (χ1) is 10.9. The molecule has 2 N–H and O–H groups in total. The maximum Gasteiger partial charge on any atom is 0.244 e. The number of hydrogen-bond acceptors (Lipinski definition) is 3. The highest BCUT2D eigenvalue weighted by atomic mass is 16.2. The van der Waals surface area contributed by atoms with E-state index in [9.17, 15) is 4.79 Å². The number of hydrogen-bond donors (Lipinski definition) is 1. The molecule has 0 bridgehead atoms. The molecule has 1 aromatic carbocycles. The summed E-state index contributed by atoms with van der Waals surface area (Å²) in [4.78, 5) is 17.4. The summed E-state index contributed by atoms with van der Waals surface area (Å²) in [6, 6.07) is 10.1. The average Bonchev–Trinajstić information content (AvgIpc) is 2.53. The molecule has 1 fully saturated rings. The van der Waals surface area contributed by atoms with Crippen LogP contribution in [0.2, 0.25) is 0 Å². The largest absolute Gasteiger partial charge is 0.342 e. The van der Waals surface area contributed by atoms with Crippen molar-refractivity contribution in [3.8, 4) is 0 Å². The lowest BCUT2D eigenvalue weighted by Crippen LogP contribution is -2.55. The summed E-state index contributed by atoms with van der Waals surface area (Å²) in [6.45, 7) is 11.7. The van der Waals surface area contributed by atoms with Gasteiger partial charge in [0.25, 0.3) is 0 Å². The lowest BCUT2D eigenvalue weighted by molar-refractivity contribution is -0.138. The molecule has 4 heteroatoms. The van der Waals surface area contributed by atoms with E-state index in [0.29, 0.717) is 0 Å². The van der Waals surface area contributed by atoms with Gasteiger partial charge in [0, 0.05) is 32.2 Å². The quantitative estimate of drug-likeness (QED) is 0.908. The van der Waals surface area contributed by atoms with Crippen LogP contribution in [-0.4, -0.2) is 47.9 Å². The van der Waals surface area contributed by atoms with E-state index in [1.165, 1.54) is 0 Å². The van der Waals surface area contributed by atoms with E-state index < -0.39 is 0 Å². The minimum atomic E-state index is -0.206. The zero-order valence-corrected chi connectivity index (χ0v) is 15.0. The number of likely N-dealkylation sites (N-methyl/N-ethyl adjacent to an activating group) is 1. The second-order valence-corrected chi connectivity index (χ2v) is 7.18. The van der Waals surface area contributed by atoms with Crippen molar-refractivity contribution < 1.29 is 4.79 Å². The molecule has 1 amide bonds. The predicted octanol–water partition coefficient (Wildman–Crippen LogP) is 2.66. The van der Waals surface area contributed by atoms with Crippen LogP contribution in [0.1, 0.15) is 45.7 Å². The van der Waals surface area contributed by atoms with Gasteiger partial charge in [-0.1, -0.05) is 44.2 Å². The Labute approximate surface area is 140 Å². The molecule has 1 saturated heterocycles. The molecule has 0 aromatic heterocycles. The molecule has 4 nitrogen and oxygen atoms in total. The van der Waals surface area contributed by atoms with Crippen molar-refractivity contribution in [3.63, 3.8) is 0 Å². The molecule has 128 valence electrons. The summed E-state index contributed by atoms with van der Waals surface area (Å²) in [5.74, 6) is 0.201. The van der Waals surface area contributed by atoms with Crippen molar-refractivity contribution >= 4 is 5.91 Å². The van der Waals surface area contributed by atoms with Crippen molar-refractivity contribution in [2.75, 3.05) is 26.2 Å². The molecule has 2 atom stereocenters. The van der Waals surface area contributed by atoms with Crippen LogP contribution in [0.25, 0.3) is 0 Å². The molecule has 0 spiro atoms. The second kappa shape index (κ2) is 7.45. The molecule has 1 heterocycles. The Morgan fingerprint density at radius 2 is 1.91 bits per heavy atom. The number of amides is 1. The van der Waals surface area contributed by atoms with Crippen LogP contribution in [0.5, 0.6) is 0 Å². The van der Waals surface area contributed by atoms with Gasteiger partial charge in [-0.15, -0.1) is 0 Å². The van der Waals surface area contributed by atoms with Gasteiger partial charge in [-0.05, 0) is 31.2 Å². The zero-order valence-electron chi connectivity index (χ0n) is 15.0. The van der Waals surface area contributed by atoms with Crippen molar-refractivity contribution in [1.82, 2.24) is 9.80 Å². The second-order valence-electron chi connectivity index (χ2n) is 7.18. The number of nitrogens with zero attached hydrogens (tertiary/aromatic N) is 2. The molecule has 23 heavy (non-hydrogen) atoms. The highest BCUT2D eigenvalue weighted by molar-refractivity contribution is 5.83. The molecule has 1 aliphatic heterocycles. The van der Waals surface area contributed by atoms with E-state index in [0.717, 1.165) is 38.2 Å². The fourth-order valence-corrected chi connectivity index (χ4v) is 3.49. The number of benzene rings is 1. The van der Waals surface area contributed by atoms with Gasteiger partial charge in [-0.25, -0.2) is 0 Å². The van der Waals surface area contributed by atoms with Crippen LogP contribution in [-0.2, 0) is 4.79 Å². The molecule has 0 radical (unpaired) electrons. The number of carbonyl (C=O) groups is 1. The number of likely N-dealkylation sites (tertiary alicyclic amines) is 1. The van der Waals surface area contributed by atoms with Gasteiger partial charge in [0.2, 0.25) is 5.91 Å². The summed E-state index contributed by atoms with van der Waals surface area (Å²) in [5, 5.41) is 0. The third-order valence-corrected chi connectivity index (χ3v) is 5.13. The van der Waals surface area contributed by atoms with Crippen LogP contribution in [0.15, 0.2) is 30.3 Å². The fraction of sp³-hybridized carbons (Fsp3) is 0.632. The normalized spacial score (nSPS) is 22.6. The Kier molecular flexibility index (Phi) is 5.82. The molecule has 0 aliphatic carbocycles. The van der Waals surface area contributed by atoms with Gasteiger partial charge >= 0.3 is 0 Å². The highest BCUT2D eigenvalue weighted by Crippen LogP contribution is 2.34. The van der Waals surface area contributed by atoms with Gasteiger partial charge in [-0.3, -0.25) is 9.69 Å². The Morgan fingerprint density at radius 1 is 1.30 bits per heavy atom. The topological polar surface area (TPSA) is 49.6 Å².